The van der Waals surface area contributed by atoms with Gasteiger partial charge in [-0.1, -0.05) is 0 Å². The van der Waals surface area contributed by atoms with Gasteiger partial charge in [0.25, 0.3) is 0 Å². The Morgan fingerprint density at radius 1 is 1.24 bits per heavy atom. The highest BCUT2D eigenvalue weighted by Gasteiger charge is 2.61. The number of aromatic nitrogens is 2. The van der Waals surface area contributed by atoms with Crippen LogP contribution in [0.1, 0.15) is 38.3 Å². The van der Waals surface area contributed by atoms with Crippen molar-refractivity contribution in [3.05, 3.63) is 36.0 Å². The van der Waals surface area contributed by atoms with E-state index in [2.05, 4.69) is 25.9 Å². The normalized spacial score (nSPS) is 17.8. The molecule has 1 heterocycles. The van der Waals surface area contributed by atoms with E-state index in [1.165, 1.54) is 0 Å². The summed E-state index contributed by atoms with van der Waals surface area (Å²) in [6.07, 6.45) is 2.46. The maximum Gasteiger partial charge on any atom is 0.319 e. The summed E-state index contributed by atoms with van der Waals surface area (Å²) in [5.74, 6) is 0.799. The van der Waals surface area contributed by atoms with Gasteiger partial charge in [0.05, 0.1) is 17.6 Å². The zero-order valence-electron chi connectivity index (χ0n) is 18.3. The van der Waals surface area contributed by atoms with Crippen molar-refractivity contribution in [2.45, 2.75) is 48.6 Å². The van der Waals surface area contributed by atoms with Gasteiger partial charge in [-0.15, -0.1) is 0 Å². The van der Waals surface area contributed by atoms with Gasteiger partial charge in [0.2, 0.25) is 0 Å². The standard InChI is InChI=1S/C22H28FN5O4S/c1-14(13-29)25-19-12-18(22(8-9-22)33(31,32)17-6-7-17)27-20(28-19)15-2-4-16(5-3-15)26-21(30)24-11-10-23/h2-5,12,14,17,29H,6-11,13H2,1H3,(H2,24,26,30)(H,25,27,28)/t14-/m0/s1. The number of sulfone groups is 1. The average Bonchev–Trinajstić information content (AvgIpc) is 3.71. The number of urea groups is 1. The van der Waals surface area contributed by atoms with Gasteiger partial charge >= 0.3 is 6.03 Å². The summed E-state index contributed by atoms with van der Waals surface area (Å²) in [7, 11) is -3.33. The van der Waals surface area contributed by atoms with Crippen molar-refractivity contribution >= 4 is 27.4 Å². The molecule has 4 rings (SSSR count). The summed E-state index contributed by atoms with van der Waals surface area (Å²) in [6, 6.07) is 7.66. The van der Waals surface area contributed by atoms with Crippen molar-refractivity contribution in [2.75, 3.05) is 30.5 Å². The summed E-state index contributed by atoms with van der Waals surface area (Å²) >= 11 is 0. The molecule has 4 N–H and O–H groups in total. The second-order valence-corrected chi connectivity index (χ2v) is 11.1. The molecule has 33 heavy (non-hydrogen) atoms. The van der Waals surface area contributed by atoms with Gasteiger partial charge in [-0.25, -0.2) is 27.6 Å². The molecule has 2 aliphatic carbocycles. The van der Waals surface area contributed by atoms with Crippen LogP contribution in [-0.2, 0) is 14.6 Å². The van der Waals surface area contributed by atoms with E-state index in [0.29, 0.717) is 54.3 Å². The van der Waals surface area contributed by atoms with E-state index in [9.17, 15) is 22.7 Å². The number of hydrogen-bond acceptors (Lipinski definition) is 7. The summed E-state index contributed by atoms with van der Waals surface area (Å²) in [6.45, 7) is 0.968. The van der Waals surface area contributed by atoms with Gasteiger partial charge in [0, 0.05) is 29.9 Å². The maximum atomic E-state index is 13.1. The summed E-state index contributed by atoms with van der Waals surface area (Å²) in [5.41, 5.74) is 1.62. The fraction of sp³-hybridized carbons (Fsp3) is 0.500. The molecule has 178 valence electrons. The summed E-state index contributed by atoms with van der Waals surface area (Å²) < 4.78 is 37.5. The number of carbonyl (C=O) groups is 1. The molecule has 2 fully saturated rings. The van der Waals surface area contributed by atoms with Crippen molar-refractivity contribution in [1.29, 1.82) is 0 Å². The number of aliphatic hydroxyl groups excluding tert-OH is 1. The molecule has 0 aliphatic heterocycles. The fourth-order valence-electron chi connectivity index (χ4n) is 3.72. The molecule has 2 aromatic rings. The van der Waals surface area contributed by atoms with Crippen LogP contribution in [-0.4, -0.2) is 60.6 Å². The maximum absolute atomic E-state index is 13.1. The average molecular weight is 478 g/mol. The molecule has 0 saturated heterocycles. The lowest BCUT2D eigenvalue weighted by Gasteiger charge is -2.19. The van der Waals surface area contributed by atoms with E-state index in [1.807, 2.05) is 0 Å². The second-order valence-electron chi connectivity index (χ2n) is 8.58. The SMILES string of the molecule is C[C@@H](CO)Nc1cc(C2(S(=O)(=O)C3CC3)CC2)nc(-c2ccc(NC(=O)NCCF)cc2)n1. The predicted octanol–water partition coefficient (Wildman–Crippen LogP) is 2.59. The topological polar surface area (TPSA) is 133 Å². The Morgan fingerprint density at radius 2 is 1.94 bits per heavy atom. The monoisotopic (exact) mass is 477 g/mol. The van der Waals surface area contributed by atoms with Crippen LogP contribution in [0.4, 0.5) is 20.7 Å². The van der Waals surface area contributed by atoms with Gasteiger partial charge in [-0.05, 0) is 56.9 Å². The molecule has 2 amide bonds. The molecule has 2 aliphatic rings. The van der Waals surface area contributed by atoms with E-state index in [1.54, 1.807) is 37.3 Å². The molecule has 11 heteroatoms. The largest absolute Gasteiger partial charge is 0.394 e. The van der Waals surface area contributed by atoms with E-state index >= 15 is 0 Å². The molecule has 0 radical (unpaired) electrons. The first-order valence-electron chi connectivity index (χ1n) is 11.0. The Balaban J connectivity index is 1.64. The van der Waals surface area contributed by atoms with Crippen LogP contribution in [0.15, 0.2) is 30.3 Å². The smallest absolute Gasteiger partial charge is 0.319 e. The number of amides is 2. The molecule has 0 bridgehead atoms. The molecule has 0 spiro atoms. The number of rotatable bonds is 10. The van der Waals surface area contributed by atoms with Crippen molar-refractivity contribution in [1.82, 2.24) is 15.3 Å². The Morgan fingerprint density at radius 3 is 2.52 bits per heavy atom. The first-order valence-corrected chi connectivity index (χ1v) is 12.6. The third-order valence-corrected chi connectivity index (χ3v) is 8.91. The number of halogens is 1. The fourth-order valence-corrected chi connectivity index (χ4v) is 6.18. The number of alkyl halides is 1. The van der Waals surface area contributed by atoms with Crippen LogP contribution in [0.2, 0.25) is 0 Å². The molecule has 9 nitrogen and oxygen atoms in total. The van der Waals surface area contributed by atoms with Crippen molar-refractivity contribution in [3.8, 4) is 11.4 Å². The summed E-state index contributed by atoms with van der Waals surface area (Å²) in [4.78, 5) is 20.9. The number of benzene rings is 1. The Hall–Kier alpha value is -2.79. The molecule has 1 atom stereocenters. The molecule has 2 saturated carbocycles. The molecular formula is C22H28FN5O4S. The van der Waals surface area contributed by atoms with Gasteiger partial charge in [0.1, 0.15) is 17.2 Å². The molecule has 0 unspecified atom stereocenters. The van der Waals surface area contributed by atoms with Crippen LogP contribution < -0.4 is 16.0 Å². The molecule has 1 aromatic carbocycles. The summed E-state index contributed by atoms with van der Waals surface area (Å²) in [5, 5.41) is 17.2. The number of nitrogens with zero attached hydrogens (tertiary/aromatic N) is 2. The van der Waals surface area contributed by atoms with E-state index in [4.69, 9.17) is 0 Å². The number of aliphatic hydroxyl groups is 1. The Labute approximate surface area is 192 Å². The lowest BCUT2D eigenvalue weighted by Crippen LogP contribution is -2.30. The van der Waals surface area contributed by atoms with Gasteiger partial charge in [-0.2, -0.15) is 0 Å². The minimum absolute atomic E-state index is 0.0713. The quantitative estimate of drug-likeness (QED) is 0.413. The highest BCUT2D eigenvalue weighted by Crippen LogP contribution is 2.57. The number of hydrogen-bond donors (Lipinski definition) is 4. The van der Waals surface area contributed by atoms with Crippen LogP contribution in [0.3, 0.4) is 0 Å². The van der Waals surface area contributed by atoms with E-state index < -0.39 is 27.3 Å². The Kier molecular flexibility index (Phi) is 6.53. The zero-order chi connectivity index (χ0) is 23.6. The first kappa shape index (κ1) is 23.4. The van der Waals surface area contributed by atoms with E-state index in [0.717, 1.165) is 0 Å². The third kappa shape index (κ3) is 4.93. The molecular weight excluding hydrogens is 449 g/mol. The van der Waals surface area contributed by atoms with Crippen LogP contribution in [0.25, 0.3) is 11.4 Å². The van der Waals surface area contributed by atoms with Gasteiger partial charge in [-0.3, -0.25) is 0 Å². The van der Waals surface area contributed by atoms with Crippen LogP contribution >= 0.6 is 0 Å². The minimum Gasteiger partial charge on any atom is -0.394 e. The van der Waals surface area contributed by atoms with Gasteiger partial charge < -0.3 is 21.1 Å². The predicted molar refractivity (Wildman–Crippen MR) is 123 cm³/mol. The van der Waals surface area contributed by atoms with Crippen molar-refractivity contribution < 1.29 is 22.7 Å². The lowest BCUT2D eigenvalue weighted by atomic mass is 10.1. The highest BCUT2D eigenvalue weighted by molar-refractivity contribution is 7.93. The highest BCUT2D eigenvalue weighted by atomic mass is 32.2. The molecule has 1 aromatic heterocycles. The van der Waals surface area contributed by atoms with Crippen molar-refractivity contribution in [3.63, 3.8) is 0 Å². The lowest BCUT2D eigenvalue weighted by molar-refractivity contribution is 0.251. The van der Waals surface area contributed by atoms with E-state index in [-0.39, 0.29) is 24.4 Å². The minimum atomic E-state index is -3.33. The van der Waals surface area contributed by atoms with Crippen molar-refractivity contribution in [2.24, 2.45) is 0 Å². The zero-order valence-corrected chi connectivity index (χ0v) is 19.2. The first-order chi connectivity index (χ1) is 15.8. The second kappa shape index (κ2) is 9.22. The van der Waals surface area contributed by atoms with Gasteiger partial charge in [0.15, 0.2) is 15.7 Å². The van der Waals surface area contributed by atoms with Crippen LogP contribution in [0.5, 0.6) is 0 Å². The van der Waals surface area contributed by atoms with Crippen LogP contribution in [0, 0.1) is 0 Å². The third-order valence-electron chi connectivity index (χ3n) is 5.85. The number of anilines is 2. The number of nitrogens with one attached hydrogen (secondary N) is 3. The Bertz CT molecular complexity index is 1120. The number of carbonyl (C=O) groups excluding carboxylic acids is 1.